The van der Waals surface area contributed by atoms with Gasteiger partial charge in [0.2, 0.25) is 5.91 Å². The van der Waals surface area contributed by atoms with Crippen molar-refractivity contribution in [3.8, 4) is 0 Å². The first kappa shape index (κ1) is 14.8. The average molecular weight is 266 g/mol. The van der Waals surface area contributed by atoms with Gasteiger partial charge in [-0.3, -0.25) is 4.79 Å². The Balaban J connectivity index is 1.72. The molecule has 2 fully saturated rings. The molecular formula is C16H30N2O. The second kappa shape index (κ2) is 5.82. The lowest BCUT2D eigenvalue weighted by Crippen LogP contribution is -2.51. The zero-order chi connectivity index (χ0) is 14.0. The van der Waals surface area contributed by atoms with Crippen LogP contribution in [0.3, 0.4) is 0 Å². The van der Waals surface area contributed by atoms with E-state index in [1.54, 1.807) is 0 Å². The minimum atomic E-state index is -0.0978. The van der Waals surface area contributed by atoms with Gasteiger partial charge < -0.3 is 10.6 Å². The molecule has 19 heavy (non-hydrogen) atoms. The van der Waals surface area contributed by atoms with Crippen molar-refractivity contribution < 1.29 is 4.79 Å². The zero-order valence-electron chi connectivity index (χ0n) is 13.0. The summed E-state index contributed by atoms with van der Waals surface area (Å²) in [4.78, 5) is 12.1. The van der Waals surface area contributed by atoms with E-state index in [2.05, 4.69) is 31.4 Å². The zero-order valence-corrected chi connectivity index (χ0v) is 13.0. The Hall–Kier alpha value is -0.570. The van der Waals surface area contributed by atoms with Gasteiger partial charge in [0, 0.05) is 5.54 Å². The fourth-order valence-electron chi connectivity index (χ4n) is 3.58. The van der Waals surface area contributed by atoms with Gasteiger partial charge in [0.25, 0.3) is 0 Å². The molecule has 1 amide bonds. The van der Waals surface area contributed by atoms with E-state index in [1.807, 2.05) is 6.92 Å². The maximum atomic E-state index is 12.1. The summed E-state index contributed by atoms with van der Waals surface area (Å²) in [5.74, 6) is 2.86. The topological polar surface area (TPSA) is 41.1 Å². The van der Waals surface area contributed by atoms with Gasteiger partial charge in [0.05, 0.1) is 6.04 Å². The van der Waals surface area contributed by atoms with Gasteiger partial charge in [-0.05, 0) is 70.8 Å². The van der Waals surface area contributed by atoms with Crippen molar-refractivity contribution in [2.45, 2.75) is 71.4 Å². The first-order valence-electron chi connectivity index (χ1n) is 7.96. The maximum Gasteiger partial charge on any atom is 0.237 e. The second-order valence-corrected chi connectivity index (χ2v) is 7.29. The highest BCUT2D eigenvalue weighted by atomic mass is 16.2. The summed E-state index contributed by atoms with van der Waals surface area (Å²) in [6.45, 7) is 9.26. The van der Waals surface area contributed by atoms with Gasteiger partial charge in [-0.25, -0.2) is 0 Å². The quantitative estimate of drug-likeness (QED) is 0.776. The highest BCUT2D eigenvalue weighted by Gasteiger charge is 2.39. The maximum absolute atomic E-state index is 12.1. The second-order valence-electron chi connectivity index (χ2n) is 7.29. The van der Waals surface area contributed by atoms with Crippen molar-refractivity contribution in [1.82, 2.24) is 10.6 Å². The summed E-state index contributed by atoms with van der Waals surface area (Å²) in [6, 6.07) is -0.0787. The lowest BCUT2D eigenvalue weighted by Gasteiger charge is -2.28. The molecule has 0 aliphatic heterocycles. The fourth-order valence-corrected chi connectivity index (χ4v) is 3.58. The van der Waals surface area contributed by atoms with Crippen molar-refractivity contribution in [1.29, 1.82) is 0 Å². The number of amides is 1. The van der Waals surface area contributed by atoms with E-state index in [1.165, 1.54) is 25.7 Å². The van der Waals surface area contributed by atoms with Gasteiger partial charge in [0.1, 0.15) is 0 Å². The van der Waals surface area contributed by atoms with Crippen molar-refractivity contribution in [3.05, 3.63) is 0 Å². The standard InChI is InChI=1S/C16H30N2O/c1-5-16(3,4)18-15(19)11(2)17-10-14-9-12-6-7-13(14)8-12/h11-14,17H,5-10H2,1-4H3,(H,18,19). The van der Waals surface area contributed by atoms with Crippen molar-refractivity contribution >= 4 is 5.91 Å². The summed E-state index contributed by atoms with van der Waals surface area (Å²) in [7, 11) is 0. The molecule has 0 aromatic heterocycles. The number of rotatable bonds is 6. The number of hydrogen-bond donors (Lipinski definition) is 2. The SMILES string of the molecule is CCC(C)(C)NC(=O)C(C)NCC1CC2CCC1C2. The highest BCUT2D eigenvalue weighted by molar-refractivity contribution is 5.81. The van der Waals surface area contributed by atoms with E-state index in [0.29, 0.717) is 0 Å². The van der Waals surface area contributed by atoms with Crippen LogP contribution in [0.4, 0.5) is 0 Å². The van der Waals surface area contributed by atoms with Crippen LogP contribution in [0.15, 0.2) is 0 Å². The predicted octanol–water partition coefficient (Wildman–Crippen LogP) is 2.71. The third kappa shape index (κ3) is 3.71. The smallest absolute Gasteiger partial charge is 0.237 e. The number of fused-ring (bicyclic) bond motifs is 2. The van der Waals surface area contributed by atoms with Crippen molar-refractivity contribution in [2.75, 3.05) is 6.54 Å². The number of carbonyl (C=O) groups is 1. The third-order valence-corrected chi connectivity index (χ3v) is 5.31. The van der Waals surface area contributed by atoms with E-state index >= 15 is 0 Å². The number of carbonyl (C=O) groups excluding carboxylic acids is 1. The third-order valence-electron chi connectivity index (χ3n) is 5.31. The molecule has 0 heterocycles. The van der Waals surface area contributed by atoms with Gasteiger partial charge >= 0.3 is 0 Å². The average Bonchev–Trinajstić information content (AvgIpc) is 2.97. The minimum absolute atomic E-state index is 0.0787. The molecule has 4 atom stereocenters. The van der Waals surface area contributed by atoms with Crippen LogP contribution in [-0.2, 0) is 4.79 Å². The fraction of sp³-hybridized carbons (Fsp3) is 0.938. The van der Waals surface area contributed by atoms with Gasteiger partial charge in [-0.15, -0.1) is 0 Å². The number of nitrogens with one attached hydrogen (secondary N) is 2. The summed E-state index contributed by atoms with van der Waals surface area (Å²) in [5.41, 5.74) is -0.0978. The molecule has 2 aliphatic rings. The summed E-state index contributed by atoms with van der Waals surface area (Å²) >= 11 is 0. The molecule has 2 saturated carbocycles. The molecule has 0 aromatic carbocycles. The minimum Gasteiger partial charge on any atom is -0.350 e. The molecule has 3 nitrogen and oxygen atoms in total. The Labute approximate surface area is 117 Å². The molecule has 0 spiro atoms. The normalized spacial score (nSPS) is 31.5. The Morgan fingerprint density at radius 2 is 2.05 bits per heavy atom. The largest absolute Gasteiger partial charge is 0.350 e. The van der Waals surface area contributed by atoms with E-state index in [9.17, 15) is 4.79 Å². The molecule has 0 aromatic rings. The lowest BCUT2D eigenvalue weighted by molar-refractivity contribution is -0.124. The summed E-state index contributed by atoms with van der Waals surface area (Å²) in [5, 5.41) is 6.56. The first-order valence-corrected chi connectivity index (χ1v) is 7.96. The summed E-state index contributed by atoms with van der Waals surface area (Å²) < 4.78 is 0. The van der Waals surface area contributed by atoms with Gasteiger partial charge in [-0.2, -0.15) is 0 Å². The van der Waals surface area contributed by atoms with Crippen LogP contribution < -0.4 is 10.6 Å². The molecule has 3 heteroatoms. The van der Waals surface area contributed by atoms with Crippen molar-refractivity contribution in [3.63, 3.8) is 0 Å². The Morgan fingerprint density at radius 3 is 2.58 bits per heavy atom. The van der Waals surface area contributed by atoms with Gasteiger partial charge in [-0.1, -0.05) is 13.3 Å². The van der Waals surface area contributed by atoms with E-state index in [0.717, 1.165) is 30.7 Å². The van der Waals surface area contributed by atoms with Crippen LogP contribution in [0, 0.1) is 17.8 Å². The van der Waals surface area contributed by atoms with Crippen LogP contribution in [0.25, 0.3) is 0 Å². The molecule has 2 N–H and O–H groups in total. The monoisotopic (exact) mass is 266 g/mol. The molecule has 2 bridgehead atoms. The van der Waals surface area contributed by atoms with Crippen LogP contribution in [0.2, 0.25) is 0 Å². The van der Waals surface area contributed by atoms with Crippen molar-refractivity contribution in [2.24, 2.45) is 17.8 Å². The molecule has 110 valence electrons. The molecule has 2 aliphatic carbocycles. The molecule has 0 radical (unpaired) electrons. The Kier molecular flexibility index (Phi) is 4.54. The number of hydrogen-bond acceptors (Lipinski definition) is 2. The Bertz CT molecular complexity index is 327. The van der Waals surface area contributed by atoms with E-state index in [-0.39, 0.29) is 17.5 Å². The predicted molar refractivity (Wildman–Crippen MR) is 78.9 cm³/mol. The van der Waals surface area contributed by atoms with Crippen LogP contribution in [0.1, 0.15) is 59.8 Å². The van der Waals surface area contributed by atoms with E-state index < -0.39 is 0 Å². The lowest BCUT2D eigenvalue weighted by atomic mass is 9.88. The van der Waals surface area contributed by atoms with Gasteiger partial charge in [0.15, 0.2) is 0 Å². The van der Waals surface area contributed by atoms with Crippen LogP contribution in [0.5, 0.6) is 0 Å². The van der Waals surface area contributed by atoms with Crippen LogP contribution >= 0.6 is 0 Å². The first-order chi connectivity index (χ1) is 8.91. The van der Waals surface area contributed by atoms with Crippen LogP contribution in [-0.4, -0.2) is 24.0 Å². The molecule has 0 saturated heterocycles. The van der Waals surface area contributed by atoms with E-state index in [4.69, 9.17) is 0 Å². The summed E-state index contributed by atoms with van der Waals surface area (Å²) in [6.07, 6.45) is 6.64. The molecule has 2 rings (SSSR count). The molecule has 4 unspecified atom stereocenters. The Morgan fingerprint density at radius 1 is 1.32 bits per heavy atom. The molecular weight excluding hydrogens is 236 g/mol. The highest BCUT2D eigenvalue weighted by Crippen LogP contribution is 2.47.